The summed E-state index contributed by atoms with van der Waals surface area (Å²) in [6.45, 7) is 1.47. The van der Waals surface area contributed by atoms with Crippen molar-refractivity contribution in [2.45, 2.75) is 38.5 Å². The zero-order valence-corrected chi connectivity index (χ0v) is 20.5. The minimum atomic E-state index is -0.564. The molecule has 6 nitrogen and oxygen atoms in total. The fourth-order valence-electron chi connectivity index (χ4n) is 2.86. The van der Waals surface area contributed by atoms with Crippen LogP contribution >= 0.6 is 28.1 Å². The Kier molecular flexibility index (Phi) is 12.0. The van der Waals surface area contributed by atoms with Crippen LogP contribution in [0.2, 0.25) is 0 Å². The molecule has 2 aromatic carbocycles. The zero-order valence-electron chi connectivity index (χ0n) is 17.2. The molecule has 3 N–H and O–H groups in total. The van der Waals surface area contributed by atoms with Crippen molar-refractivity contribution in [3.8, 4) is 5.75 Å². The van der Waals surface area contributed by atoms with Gasteiger partial charge in [0.1, 0.15) is 5.75 Å². The van der Waals surface area contributed by atoms with Crippen molar-refractivity contribution in [3.63, 3.8) is 0 Å². The predicted molar refractivity (Wildman–Crippen MR) is 137 cm³/mol. The summed E-state index contributed by atoms with van der Waals surface area (Å²) in [5.74, 6) is 0.633. The average molecular weight is 524 g/mol. The molecule has 0 saturated carbocycles. The molecule has 0 bridgehead atoms. The number of unbranched alkanes of at least 4 members (excludes halogenated alkanes) is 5. The molecule has 2 rings (SSSR count). The standard InChI is InChI=1S/C22H27BrN4O2S2/c23-17-11-13-18(14-12-17)25-22(30)24-15-7-3-1-2-4-8-16-29-20-10-6-5-9-19(20)26-21(28)27-31/h5-6,9-14H,1-4,7-8,15-16H2,(H,26,28)(H2,24,25,30). The number of rotatable bonds is 12. The lowest BCUT2D eigenvalue weighted by atomic mass is 10.1. The Labute approximate surface area is 202 Å². The van der Waals surface area contributed by atoms with Crippen molar-refractivity contribution in [1.82, 2.24) is 5.32 Å². The molecule has 0 aliphatic heterocycles. The Hall–Kier alpha value is -2.10. The first-order chi connectivity index (χ1) is 15.1. The van der Waals surface area contributed by atoms with E-state index in [1.165, 1.54) is 6.42 Å². The summed E-state index contributed by atoms with van der Waals surface area (Å²) in [7, 11) is 0. The van der Waals surface area contributed by atoms with E-state index in [2.05, 4.69) is 48.7 Å². The summed E-state index contributed by atoms with van der Waals surface area (Å²) in [6.07, 6.45) is 6.66. The molecule has 0 aliphatic rings. The zero-order chi connectivity index (χ0) is 22.3. The highest BCUT2D eigenvalue weighted by Crippen LogP contribution is 2.24. The Balaban J connectivity index is 1.48. The molecule has 0 aliphatic carbocycles. The van der Waals surface area contributed by atoms with E-state index in [4.69, 9.17) is 17.0 Å². The number of nitrogens with one attached hydrogen (secondary N) is 3. The van der Waals surface area contributed by atoms with Gasteiger partial charge in [-0.05, 0) is 61.5 Å². The highest BCUT2D eigenvalue weighted by Gasteiger charge is 2.06. The van der Waals surface area contributed by atoms with Gasteiger partial charge in [0.05, 0.1) is 12.3 Å². The number of benzene rings is 2. The third-order valence-corrected chi connectivity index (χ3v) is 5.37. The maximum atomic E-state index is 11.3. The summed E-state index contributed by atoms with van der Waals surface area (Å²) in [6, 6.07) is 14.6. The van der Waals surface area contributed by atoms with E-state index in [0.29, 0.717) is 23.2 Å². The van der Waals surface area contributed by atoms with Gasteiger partial charge in [0.25, 0.3) is 0 Å². The number of amides is 2. The number of hydrogen-bond donors (Lipinski definition) is 3. The monoisotopic (exact) mass is 522 g/mol. The van der Waals surface area contributed by atoms with Crippen LogP contribution in [0.25, 0.3) is 0 Å². The fraction of sp³-hybridized carbons (Fsp3) is 0.364. The summed E-state index contributed by atoms with van der Waals surface area (Å²) < 4.78 is 10.00. The smallest absolute Gasteiger partial charge is 0.356 e. The lowest BCUT2D eigenvalue weighted by Gasteiger charge is -2.11. The number of thiocarbonyl (C=S) groups is 1. The van der Waals surface area contributed by atoms with Crippen LogP contribution in [0, 0.1) is 0 Å². The van der Waals surface area contributed by atoms with Crippen LogP contribution in [0.1, 0.15) is 38.5 Å². The quantitative estimate of drug-likeness (QED) is 0.220. The van der Waals surface area contributed by atoms with E-state index in [-0.39, 0.29) is 0 Å². The number of anilines is 2. The molecule has 0 atom stereocenters. The van der Waals surface area contributed by atoms with E-state index >= 15 is 0 Å². The highest BCUT2D eigenvalue weighted by atomic mass is 79.9. The molecule has 0 unspecified atom stereocenters. The minimum absolute atomic E-state index is 0.564. The minimum Gasteiger partial charge on any atom is -0.491 e. The van der Waals surface area contributed by atoms with E-state index in [0.717, 1.165) is 48.8 Å². The second-order valence-corrected chi connectivity index (χ2v) is 8.38. The Morgan fingerprint density at radius 2 is 1.61 bits per heavy atom. The van der Waals surface area contributed by atoms with Crippen molar-refractivity contribution in [3.05, 3.63) is 53.0 Å². The van der Waals surface area contributed by atoms with Crippen molar-refractivity contribution >= 4 is 63.1 Å². The van der Waals surface area contributed by atoms with Crippen LogP contribution in [-0.4, -0.2) is 24.3 Å². The normalized spacial score (nSPS) is 10.2. The van der Waals surface area contributed by atoms with Crippen molar-refractivity contribution in [1.29, 1.82) is 0 Å². The number of urea groups is 1. The van der Waals surface area contributed by atoms with Crippen LogP contribution < -0.4 is 20.7 Å². The van der Waals surface area contributed by atoms with Gasteiger partial charge in [-0.3, -0.25) is 0 Å². The van der Waals surface area contributed by atoms with Gasteiger partial charge >= 0.3 is 6.03 Å². The molecule has 0 heterocycles. The van der Waals surface area contributed by atoms with Gasteiger partial charge in [-0.25, -0.2) is 4.79 Å². The summed E-state index contributed by atoms with van der Waals surface area (Å²) in [4.78, 5) is 11.3. The SMILES string of the molecule is O=C(N=S)Nc1ccccc1OCCCCCCCCNC(=S)Nc1ccc(Br)cc1. The van der Waals surface area contributed by atoms with Gasteiger partial charge in [-0.15, -0.1) is 4.36 Å². The second kappa shape index (κ2) is 14.8. The summed E-state index contributed by atoms with van der Waals surface area (Å²) in [5, 5.41) is 9.68. The van der Waals surface area contributed by atoms with Crippen molar-refractivity contribution in [2.75, 3.05) is 23.8 Å². The average Bonchev–Trinajstić information content (AvgIpc) is 2.77. The maximum absolute atomic E-state index is 11.3. The first-order valence-corrected chi connectivity index (χ1v) is 11.8. The summed E-state index contributed by atoms with van der Waals surface area (Å²) in [5.41, 5.74) is 1.56. The van der Waals surface area contributed by atoms with Gasteiger partial charge in [-0.1, -0.05) is 53.7 Å². The van der Waals surface area contributed by atoms with E-state index < -0.39 is 6.03 Å². The van der Waals surface area contributed by atoms with Gasteiger partial charge in [0.15, 0.2) is 5.11 Å². The maximum Gasteiger partial charge on any atom is 0.356 e. The number of nitrogens with zero attached hydrogens (tertiary/aromatic N) is 1. The third kappa shape index (κ3) is 10.7. The summed E-state index contributed by atoms with van der Waals surface area (Å²) >= 11 is 13.1. The van der Waals surface area contributed by atoms with Crippen LogP contribution in [0.3, 0.4) is 0 Å². The van der Waals surface area contributed by atoms with Gasteiger partial charge in [0.2, 0.25) is 0 Å². The molecule has 2 amide bonds. The topological polar surface area (TPSA) is 74.8 Å². The number of ether oxygens (including phenoxy) is 1. The van der Waals surface area contributed by atoms with Crippen LogP contribution in [0.5, 0.6) is 5.75 Å². The van der Waals surface area contributed by atoms with E-state index in [1.807, 2.05) is 42.5 Å². The van der Waals surface area contributed by atoms with Crippen LogP contribution in [-0.2, 0) is 12.4 Å². The molecule has 0 fully saturated rings. The van der Waals surface area contributed by atoms with E-state index in [1.54, 1.807) is 6.07 Å². The number of carbonyl (C=O) groups is 1. The molecule has 9 heteroatoms. The first-order valence-electron chi connectivity index (χ1n) is 10.2. The molecule has 31 heavy (non-hydrogen) atoms. The van der Waals surface area contributed by atoms with Gasteiger partial charge in [0, 0.05) is 29.1 Å². The van der Waals surface area contributed by atoms with Gasteiger partial charge < -0.3 is 20.7 Å². The lowest BCUT2D eigenvalue weighted by molar-refractivity contribution is 0.259. The highest BCUT2D eigenvalue weighted by molar-refractivity contribution is 9.10. The lowest BCUT2D eigenvalue weighted by Crippen LogP contribution is -2.29. The predicted octanol–water partition coefficient (Wildman–Crippen LogP) is 6.42. The number of halogens is 1. The van der Waals surface area contributed by atoms with Crippen LogP contribution in [0.15, 0.2) is 57.4 Å². The number of para-hydroxylation sites is 2. The molecule has 0 radical (unpaired) electrons. The van der Waals surface area contributed by atoms with Crippen molar-refractivity contribution < 1.29 is 9.53 Å². The number of carbonyl (C=O) groups excluding carboxylic acids is 1. The third-order valence-electron chi connectivity index (χ3n) is 4.43. The largest absolute Gasteiger partial charge is 0.491 e. The first kappa shape index (κ1) is 25.2. The molecule has 2 aromatic rings. The molecule has 166 valence electrons. The van der Waals surface area contributed by atoms with Crippen LogP contribution in [0.4, 0.5) is 16.2 Å². The van der Waals surface area contributed by atoms with E-state index in [9.17, 15) is 4.79 Å². The number of hydrogen-bond acceptors (Lipinski definition) is 4. The fourth-order valence-corrected chi connectivity index (χ4v) is 3.39. The molecular formula is C22H27BrN4O2S2. The Bertz CT molecular complexity index is 850. The molecule has 0 aromatic heterocycles. The molecule has 0 spiro atoms. The molecule has 0 saturated heterocycles. The molecular weight excluding hydrogens is 496 g/mol. The van der Waals surface area contributed by atoms with Gasteiger partial charge in [-0.2, -0.15) is 0 Å². The van der Waals surface area contributed by atoms with Crippen molar-refractivity contribution in [2.24, 2.45) is 4.36 Å². The second-order valence-electron chi connectivity index (χ2n) is 6.88. The Morgan fingerprint density at radius 1 is 0.935 bits per heavy atom. The Morgan fingerprint density at radius 3 is 2.35 bits per heavy atom.